The van der Waals surface area contributed by atoms with Crippen molar-refractivity contribution in [3.8, 4) is 0 Å². The first-order valence-electron chi connectivity index (χ1n) is 4.70. The average Bonchev–Trinajstić information content (AvgIpc) is 2.60. The van der Waals surface area contributed by atoms with Crippen LogP contribution in [-0.4, -0.2) is 19.9 Å². The lowest BCUT2D eigenvalue weighted by molar-refractivity contribution is 0.265. The van der Waals surface area contributed by atoms with Crippen LogP contribution >= 0.6 is 28.1 Å². The van der Waals surface area contributed by atoms with Crippen LogP contribution in [0, 0.1) is 4.77 Å². The molecule has 4 nitrogen and oxygen atoms in total. The third-order valence-corrected chi connectivity index (χ3v) is 3.01. The predicted molar refractivity (Wildman–Crippen MR) is 66.6 cm³/mol. The van der Waals surface area contributed by atoms with Gasteiger partial charge in [0.15, 0.2) is 10.6 Å². The molecule has 0 atom stereocenters. The smallest absolute Gasteiger partial charge is 0.195 e. The molecule has 0 bridgehead atoms. The quantitative estimate of drug-likeness (QED) is 0.855. The number of H-pyrrole nitrogens is 1. The zero-order valence-corrected chi connectivity index (χ0v) is 10.8. The molecule has 6 heteroatoms. The zero-order valence-electron chi connectivity index (χ0n) is 8.35. The van der Waals surface area contributed by atoms with E-state index in [2.05, 4.69) is 26.1 Å². The highest BCUT2D eigenvalue weighted by Gasteiger charge is 2.05. The summed E-state index contributed by atoms with van der Waals surface area (Å²) in [7, 11) is 0. The van der Waals surface area contributed by atoms with Crippen molar-refractivity contribution < 1.29 is 5.11 Å². The first-order chi connectivity index (χ1) is 7.70. The molecule has 0 fully saturated rings. The van der Waals surface area contributed by atoms with Gasteiger partial charge in [0.1, 0.15) is 6.61 Å². The van der Waals surface area contributed by atoms with E-state index < -0.39 is 0 Å². The molecule has 0 spiro atoms. The number of aromatic nitrogens is 3. The van der Waals surface area contributed by atoms with E-state index in [1.54, 1.807) is 4.57 Å². The topological polar surface area (TPSA) is 53.8 Å². The third-order valence-electron chi connectivity index (χ3n) is 2.21. The normalized spacial score (nSPS) is 10.6. The Balaban J connectivity index is 2.33. The Kier molecular flexibility index (Phi) is 3.52. The third kappa shape index (κ3) is 2.40. The summed E-state index contributed by atoms with van der Waals surface area (Å²) >= 11 is 8.51. The highest BCUT2D eigenvalue weighted by Crippen LogP contribution is 2.13. The molecule has 0 radical (unpaired) electrons. The Labute approximate surface area is 106 Å². The van der Waals surface area contributed by atoms with Gasteiger partial charge in [-0.25, -0.2) is 0 Å². The molecule has 1 aromatic heterocycles. The minimum atomic E-state index is -0.124. The fourth-order valence-corrected chi connectivity index (χ4v) is 2.11. The van der Waals surface area contributed by atoms with Crippen LogP contribution in [0.25, 0.3) is 0 Å². The molecule has 2 aromatic rings. The van der Waals surface area contributed by atoms with Gasteiger partial charge in [0.25, 0.3) is 0 Å². The second-order valence-electron chi connectivity index (χ2n) is 3.32. The Morgan fingerprint density at radius 1 is 1.50 bits per heavy atom. The van der Waals surface area contributed by atoms with Gasteiger partial charge in [0, 0.05) is 4.47 Å². The molecule has 1 heterocycles. The van der Waals surface area contributed by atoms with Crippen molar-refractivity contribution in [2.75, 3.05) is 0 Å². The van der Waals surface area contributed by atoms with Gasteiger partial charge in [0.2, 0.25) is 0 Å². The molecule has 0 aliphatic carbocycles. The maximum atomic E-state index is 9.11. The molecule has 1 aromatic carbocycles. The fourth-order valence-electron chi connectivity index (χ4n) is 1.45. The van der Waals surface area contributed by atoms with E-state index in [4.69, 9.17) is 17.3 Å². The first kappa shape index (κ1) is 11.5. The summed E-state index contributed by atoms with van der Waals surface area (Å²) in [5.41, 5.74) is 1.10. The fraction of sp³-hybridized carbons (Fsp3) is 0.200. The van der Waals surface area contributed by atoms with Crippen molar-refractivity contribution in [2.45, 2.75) is 13.2 Å². The molecule has 2 rings (SSSR count). The molecule has 0 amide bonds. The summed E-state index contributed by atoms with van der Waals surface area (Å²) in [6.07, 6.45) is 0. The van der Waals surface area contributed by atoms with E-state index in [1.807, 2.05) is 24.3 Å². The van der Waals surface area contributed by atoms with Crippen LogP contribution in [0.5, 0.6) is 0 Å². The van der Waals surface area contributed by atoms with Crippen LogP contribution in [-0.2, 0) is 13.2 Å². The number of aliphatic hydroxyl groups excluding tert-OH is 1. The van der Waals surface area contributed by atoms with Crippen LogP contribution < -0.4 is 0 Å². The standard InChI is InChI=1S/C10H10BrN3OS/c11-8-3-1-2-7(4-8)5-14-9(6-15)12-13-10(14)16/h1-4,15H,5-6H2,(H,13,16). The average molecular weight is 300 g/mol. The molecule has 0 aliphatic heterocycles. The van der Waals surface area contributed by atoms with E-state index in [0.29, 0.717) is 17.1 Å². The van der Waals surface area contributed by atoms with E-state index in [9.17, 15) is 0 Å². The van der Waals surface area contributed by atoms with Crippen LogP contribution in [0.3, 0.4) is 0 Å². The monoisotopic (exact) mass is 299 g/mol. The largest absolute Gasteiger partial charge is 0.388 e. The number of hydrogen-bond donors (Lipinski definition) is 2. The zero-order chi connectivity index (χ0) is 11.5. The molecule has 0 saturated carbocycles. The van der Waals surface area contributed by atoms with Gasteiger partial charge in [-0.05, 0) is 29.9 Å². The Hall–Kier alpha value is -0.980. The van der Waals surface area contributed by atoms with Gasteiger partial charge in [-0.3, -0.25) is 9.67 Å². The van der Waals surface area contributed by atoms with Crippen molar-refractivity contribution in [1.82, 2.24) is 14.8 Å². The molecule has 0 saturated heterocycles. The summed E-state index contributed by atoms with van der Waals surface area (Å²) < 4.78 is 3.31. The first-order valence-corrected chi connectivity index (χ1v) is 5.90. The van der Waals surface area contributed by atoms with Crippen LogP contribution in [0.4, 0.5) is 0 Å². The maximum Gasteiger partial charge on any atom is 0.195 e. The van der Waals surface area contributed by atoms with Crippen molar-refractivity contribution in [1.29, 1.82) is 0 Å². The molecule has 16 heavy (non-hydrogen) atoms. The summed E-state index contributed by atoms with van der Waals surface area (Å²) in [5, 5.41) is 15.7. The lowest BCUT2D eigenvalue weighted by Crippen LogP contribution is -2.05. The number of nitrogens with zero attached hydrogens (tertiary/aromatic N) is 2. The predicted octanol–water partition coefficient (Wildman–Crippen LogP) is 2.24. The molecular formula is C10H10BrN3OS. The van der Waals surface area contributed by atoms with Crippen molar-refractivity contribution in [3.05, 3.63) is 44.9 Å². The molecule has 2 N–H and O–H groups in total. The number of benzene rings is 1. The number of hydrogen-bond acceptors (Lipinski definition) is 3. The Morgan fingerprint density at radius 3 is 3.00 bits per heavy atom. The lowest BCUT2D eigenvalue weighted by Gasteiger charge is -2.05. The molecular weight excluding hydrogens is 290 g/mol. The highest BCUT2D eigenvalue weighted by molar-refractivity contribution is 9.10. The Morgan fingerprint density at radius 2 is 2.31 bits per heavy atom. The van der Waals surface area contributed by atoms with Gasteiger partial charge in [-0.15, -0.1) is 0 Å². The van der Waals surface area contributed by atoms with Crippen LogP contribution in [0.1, 0.15) is 11.4 Å². The minimum Gasteiger partial charge on any atom is -0.388 e. The van der Waals surface area contributed by atoms with Crippen molar-refractivity contribution in [2.24, 2.45) is 0 Å². The summed E-state index contributed by atoms with van der Waals surface area (Å²) in [6.45, 7) is 0.478. The maximum absolute atomic E-state index is 9.11. The summed E-state index contributed by atoms with van der Waals surface area (Å²) in [4.78, 5) is 0. The number of nitrogens with one attached hydrogen (secondary N) is 1. The number of aromatic amines is 1. The lowest BCUT2D eigenvalue weighted by atomic mass is 10.2. The molecule has 0 aliphatic rings. The number of rotatable bonds is 3. The van der Waals surface area contributed by atoms with Crippen LogP contribution in [0.2, 0.25) is 0 Å². The summed E-state index contributed by atoms with van der Waals surface area (Å²) in [6, 6.07) is 7.93. The van der Waals surface area contributed by atoms with Gasteiger partial charge in [0.05, 0.1) is 6.54 Å². The van der Waals surface area contributed by atoms with E-state index in [1.165, 1.54) is 0 Å². The highest BCUT2D eigenvalue weighted by atomic mass is 79.9. The van der Waals surface area contributed by atoms with Gasteiger partial charge in [-0.1, -0.05) is 28.1 Å². The van der Waals surface area contributed by atoms with E-state index in [0.717, 1.165) is 10.0 Å². The number of halogens is 1. The number of aliphatic hydroxyl groups is 1. The van der Waals surface area contributed by atoms with E-state index >= 15 is 0 Å². The second-order valence-corrected chi connectivity index (χ2v) is 4.62. The summed E-state index contributed by atoms with van der Waals surface area (Å²) in [5.74, 6) is 0.546. The van der Waals surface area contributed by atoms with Gasteiger partial charge >= 0.3 is 0 Å². The van der Waals surface area contributed by atoms with Gasteiger partial charge < -0.3 is 5.11 Å². The van der Waals surface area contributed by atoms with Crippen molar-refractivity contribution in [3.63, 3.8) is 0 Å². The minimum absolute atomic E-state index is 0.124. The van der Waals surface area contributed by atoms with Gasteiger partial charge in [-0.2, -0.15) is 5.10 Å². The Bertz CT molecular complexity index is 549. The SMILES string of the molecule is OCc1n[nH]c(=S)n1Cc1cccc(Br)c1. The molecule has 0 unspecified atom stereocenters. The van der Waals surface area contributed by atoms with E-state index in [-0.39, 0.29) is 6.61 Å². The molecule has 84 valence electrons. The second kappa shape index (κ2) is 4.90. The van der Waals surface area contributed by atoms with Crippen LogP contribution in [0.15, 0.2) is 28.7 Å². The van der Waals surface area contributed by atoms with Crippen molar-refractivity contribution >= 4 is 28.1 Å².